The number of imidazole rings is 1. The van der Waals surface area contributed by atoms with Gasteiger partial charge in [0.25, 0.3) is 0 Å². The van der Waals surface area contributed by atoms with E-state index >= 15 is 0 Å². The predicted octanol–water partition coefficient (Wildman–Crippen LogP) is 6.89. The number of amidine groups is 1. The highest BCUT2D eigenvalue weighted by atomic mass is 16.2. The highest BCUT2D eigenvalue weighted by Gasteiger charge is 2.34. The topological polar surface area (TPSA) is 98.9 Å². The molecule has 1 fully saturated rings. The molecule has 1 saturated heterocycles. The quantitative estimate of drug-likeness (QED) is 0.343. The number of aromatic amines is 1. The van der Waals surface area contributed by atoms with Crippen LogP contribution < -0.4 is 5.73 Å². The predicted molar refractivity (Wildman–Crippen MR) is 134 cm³/mol. The molecule has 1 aliphatic heterocycles. The Morgan fingerprint density at radius 3 is 1.72 bits per heavy atom. The van der Waals surface area contributed by atoms with Crippen molar-refractivity contribution in [2.75, 3.05) is 6.54 Å². The average molecular weight is 418 g/mol. The molecule has 0 aromatic carbocycles. The van der Waals surface area contributed by atoms with Gasteiger partial charge in [0.2, 0.25) is 5.91 Å². The van der Waals surface area contributed by atoms with Crippen molar-refractivity contribution < 1.29 is 4.79 Å². The molecule has 29 heavy (non-hydrogen) atoms. The summed E-state index contributed by atoms with van der Waals surface area (Å²) in [7, 11) is 0. The summed E-state index contributed by atoms with van der Waals surface area (Å²) in [5.74, 6) is 1.80. The molecule has 0 aliphatic carbocycles. The zero-order valence-corrected chi connectivity index (χ0v) is 18.9. The van der Waals surface area contributed by atoms with Gasteiger partial charge < -0.3 is 15.6 Å². The monoisotopic (exact) mass is 417 g/mol. The molecule has 2 rings (SSSR count). The summed E-state index contributed by atoms with van der Waals surface area (Å²) >= 11 is 0. The van der Waals surface area contributed by atoms with Gasteiger partial charge in [-0.1, -0.05) is 70.7 Å². The first-order valence-corrected chi connectivity index (χ1v) is 9.83. The van der Waals surface area contributed by atoms with E-state index < -0.39 is 0 Å². The van der Waals surface area contributed by atoms with Gasteiger partial charge in [-0.05, 0) is 33.1 Å². The molecule has 6 heteroatoms. The third kappa shape index (κ3) is 16.8. The van der Waals surface area contributed by atoms with Crippen LogP contribution in [-0.2, 0) is 4.79 Å². The Hall–Kier alpha value is -1.85. The third-order valence-electron chi connectivity index (χ3n) is 3.38. The maximum atomic E-state index is 11.6. The number of likely N-dealkylation sites (tertiary alicyclic amines) is 1. The van der Waals surface area contributed by atoms with Crippen LogP contribution in [0.1, 0.15) is 114 Å². The number of rotatable bonds is 1. The van der Waals surface area contributed by atoms with E-state index in [0.717, 1.165) is 30.2 Å². The highest BCUT2D eigenvalue weighted by molar-refractivity contribution is 5.74. The molecule has 0 spiro atoms. The van der Waals surface area contributed by atoms with Gasteiger partial charge >= 0.3 is 0 Å². The number of hydrogen-bond acceptors (Lipinski definition) is 3. The van der Waals surface area contributed by atoms with Crippen molar-refractivity contribution in [2.24, 2.45) is 11.7 Å². The summed E-state index contributed by atoms with van der Waals surface area (Å²) in [5.41, 5.74) is 6.82. The molecule has 178 valence electrons. The van der Waals surface area contributed by atoms with E-state index in [1.807, 2.05) is 60.3 Å². The van der Waals surface area contributed by atoms with E-state index in [1.54, 1.807) is 6.92 Å². The highest BCUT2D eigenvalue weighted by Crippen LogP contribution is 2.34. The van der Waals surface area contributed by atoms with Crippen molar-refractivity contribution in [1.29, 1.82) is 5.41 Å². The first-order chi connectivity index (χ1) is 12.2. The molecule has 0 saturated carbocycles. The number of aromatic nitrogens is 2. The number of nitrogens with two attached hydrogens (primary N) is 1. The number of nitrogens with zero attached hydrogens (tertiary/aromatic N) is 2. The molecule has 6 nitrogen and oxygen atoms in total. The standard InChI is InChI=1S/C12H19N3O.C2H6N2.3C2H6.3CH4/c1-7-5-11(15(6-7)10(4)16)12-13-8(2)9(3)14-12;1-2(3)4;3*1-2;;;/h7,11H,5-6H2,1-4H3,(H,13,14);1H3,(H3,3,4);3*1-2H3;3*1H4. The zero-order chi connectivity index (χ0) is 21.4. The third-order valence-corrected chi connectivity index (χ3v) is 3.38. The van der Waals surface area contributed by atoms with Crippen molar-refractivity contribution in [3.05, 3.63) is 17.2 Å². The van der Waals surface area contributed by atoms with Gasteiger partial charge in [0.1, 0.15) is 5.82 Å². The Balaban J connectivity index is -0.0000000885. The SMILES string of the molecule is C.C.C.CC.CC.CC.CC(=N)N.CC(=O)N1CC(C)CC1c1nc(C)c(C)[nH]1. The maximum absolute atomic E-state index is 11.6. The molecule has 1 aliphatic rings. The summed E-state index contributed by atoms with van der Waals surface area (Å²) in [6.45, 7) is 22.2. The van der Waals surface area contributed by atoms with E-state index in [1.165, 1.54) is 6.92 Å². The Labute approximate surface area is 183 Å². The van der Waals surface area contributed by atoms with Crippen LogP contribution in [0.15, 0.2) is 0 Å². The lowest BCUT2D eigenvalue weighted by atomic mass is 10.1. The first kappa shape index (κ1) is 41.5. The van der Waals surface area contributed by atoms with Crippen LogP contribution in [0.5, 0.6) is 0 Å². The maximum Gasteiger partial charge on any atom is 0.220 e. The average Bonchev–Trinajstić information content (AvgIpc) is 3.16. The van der Waals surface area contributed by atoms with Crippen LogP contribution in [0.2, 0.25) is 0 Å². The molecule has 1 aromatic heterocycles. The first-order valence-electron chi connectivity index (χ1n) is 9.83. The minimum atomic E-state index is 0. The molecular weight excluding hydrogens is 362 g/mol. The van der Waals surface area contributed by atoms with E-state index in [0.29, 0.717) is 5.92 Å². The normalized spacial score (nSPS) is 15.3. The second-order valence-corrected chi connectivity index (χ2v) is 5.54. The molecule has 0 bridgehead atoms. The summed E-state index contributed by atoms with van der Waals surface area (Å²) in [4.78, 5) is 21.3. The van der Waals surface area contributed by atoms with Gasteiger partial charge in [-0.3, -0.25) is 10.2 Å². The molecule has 2 atom stereocenters. The second-order valence-electron chi connectivity index (χ2n) is 5.54. The van der Waals surface area contributed by atoms with Crippen molar-refractivity contribution in [2.45, 2.75) is 111 Å². The van der Waals surface area contributed by atoms with Crippen LogP contribution in [0.4, 0.5) is 0 Å². The molecule has 2 heterocycles. The molecule has 0 radical (unpaired) electrons. The van der Waals surface area contributed by atoms with Gasteiger partial charge in [-0.2, -0.15) is 0 Å². The van der Waals surface area contributed by atoms with Crippen molar-refractivity contribution >= 4 is 11.7 Å². The fraction of sp³-hybridized carbons (Fsp3) is 0.783. The Morgan fingerprint density at radius 1 is 1.07 bits per heavy atom. The lowest BCUT2D eigenvalue weighted by Gasteiger charge is -2.21. The van der Waals surface area contributed by atoms with Gasteiger partial charge in [-0.15, -0.1) is 0 Å². The number of nitrogens with one attached hydrogen (secondary N) is 2. The number of carbonyl (C=O) groups is 1. The lowest BCUT2D eigenvalue weighted by molar-refractivity contribution is -0.130. The largest absolute Gasteiger partial charge is 0.388 e. The lowest BCUT2D eigenvalue weighted by Crippen LogP contribution is -2.29. The van der Waals surface area contributed by atoms with Crippen LogP contribution in [0.25, 0.3) is 0 Å². The summed E-state index contributed by atoms with van der Waals surface area (Å²) in [6.07, 6.45) is 1.01. The van der Waals surface area contributed by atoms with Gasteiger partial charge in [0.15, 0.2) is 0 Å². The van der Waals surface area contributed by atoms with Crippen molar-refractivity contribution in [1.82, 2.24) is 14.9 Å². The van der Waals surface area contributed by atoms with Crippen molar-refractivity contribution in [3.63, 3.8) is 0 Å². The van der Waals surface area contributed by atoms with Crippen LogP contribution in [0, 0.1) is 25.2 Å². The summed E-state index contributed by atoms with van der Waals surface area (Å²) < 4.78 is 0. The van der Waals surface area contributed by atoms with E-state index in [-0.39, 0.29) is 40.1 Å². The molecule has 4 N–H and O–H groups in total. The number of hydrogen-bond donors (Lipinski definition) is 3. The Bertz CT molecular complexity index is 474. The molecule has 1 aromatic rings. The van der Waals surface area contributed by atoms with E-state index in [9.17, 15) is 4.79 Å². The van der Waals surface area contributed by atoms with Gasteiger partial charge in [0.05, 0.1) is 17.6 Å². The Morgan fingerprint density at radius 2 is 1.45 bits per heavy atom. The fourth-order valence-corrected chi connectivity index (χ4v) is 2.39. The second kappa shape index (κ2) is 24.2. The molecule has 2 unspecified atom stereocenters. The van der Waals surface area contributed by atoms with Crippen molar-refractivity contribution in [3.8, 4) is 0 Å². The summed E-state index contributed by atoms with van der Waals surface area (Å²) in [6, 6.07) is 0.139. The van der Waals surface area contributed by atoms with E-state index in [4.69, 9.17) is 11.1 Å². The number of H-pyrrole nitrogens is 1. The van der Waals surface area contributed by atoms with E-state index in [2.05, 4.69) is 16.9 Å². The van der Waals surface area contributed by atoms with Crippen LogP contribution in [0.3, 0.4) is 0 Å². The molecular formula is C23H55N5O. The van der Waals surface area contributed by atoms with Gasteiger partial charge in [0, 0.05) is 19.2 Å². The number of aryl methyl sites for hydroxylation is 2. The molecule has 1 amide bonds. The zero-order valence-electron chi connectivity index (χ0n) is 18.9. The van der Waals surface area contributed by atoms with Crippen LogP contribution in [-0.4, -0.2) is 33.2 Å². The number of amides is 1. The fourth-order valence-electron chi connectivity index (χ4n) is 2.39. The minimum absolute atomic E-state index is 0. The minimum Gasteiger partial charge on any atom is -0.388 e. The number of carbonyl (C=O) groups excluding carboxylic acids is 1. The van der Waals surface area contributed by atoms with Crippen LogP contribution >= 0.6 is 0 Å². The smallest absolute Gasteiger partial charge is 0.220 e. The Kier molecular flexibility index (Phi) is 34.6. The van der Waals surface area contributed by atoms with Gasteiger partial charge in [-0.25, -0.2) is 4.98 Å². The summed E-state index contributed by atoms with van der Waals surface area (Å²) in [5, 5.41) is 6.28.